The molecule has 0 bridgehead atoms. The van der Waals surface area contributed by atoms with Crippen LogP contribution in [0.2, 0.25) is 0 Å². The summed E-state index contributed by atoms with van der Waals surface area (Å²) in [6, 6.07) is 0. The lowest BCUT2D eigenvalue weighted by Gasteiger charge is -2.44. The largest absolute Gasteiger partial charge is 0.0651 e. The molecular formula is C14H28. The summed E-state index contributed by atoms with van der Waals surface area (Å²) < 4.78 is 0. The highest BCUT2D eigenvalue weighted by Gasteiger charge is 2.36. The van der Waals surface area contributed by atoms with Gasteiger partial charge in [-0.2, -0.15) is 0 Å². The summed E-state index contributed by atoms with van der Waals surface area (Å²) in [5.41, 5.74) is 0. The standard InChI is InChI=1S/C14H28/c1-6-13-9-14(12(13)5)8-11(4)7-10(2)3/h10-14H,6-9H2,1-5H3. The topological polar surface area (TPSA) is 0 Å². The maximum Gasteiger partial charge on any atom is -0.0381 e. The van der Waals surface area contributed by atoms with E-state index in [0.717, 1.165) is 29.6 Å². The molecule has 4 atom stereocenters. The van der Waals surface area contributed by atoms with E-state index >= 15 is 0 Å². The van der Waals surface area contributed by atoms with Crippen LogP contribution in [-0.2, 0) is 0 Å². The van der Waals surface area contributed by atoms with Gasteiger partial charge in [0.05, 0.1) is 0 Å². The van der Waals surface area contributed by atoms with Crippen LogP contribution in [0.1, 0.15) is 60.3 Å². The molecule has 0 radical (unpaired) electrons. The van der Waals surface area contributed by atoms with Crippen LogP contribution < -0.4 is 0 Å². The Kier molecular flexibility index (Phi) is 4.47. The van der Waals surface area contributed by atoms with Crippen LogP contribution in [0.15, 0.2) is 0 Å². The van der Waals surface area contributed by atoms with Gasteiger partial charge in [-0.3, -0.25) is 0 Å². The van der Waals surface area contributed by atoms with Crippen molar-refractivity contribution in [3.8, 4) is 0 Å². The van der Waals surface area contributed by atoms with Crippen LogP contribution in [0, 0.1) is 29.6 Å². The Morgan fingerprint density at radius 1 is 1.14 bits per heavy atom. The zero-order valence-corrected chi connectivity index (χ0v) is 10.7. The molecular weight excluding hydrogens is 168 g/mol. The predicted molar refractivity (Wildman–Crippen MR) is 64.3 cm³/mol. The van der Waals surface area contributed by atoms with Crippen LogP contribution in [0.4, 0.5) is 0 Å². The van der Waals surface area contributed by atoms with E-state index < -0.39 is 0 Å². The van der Waals surface area contributed by atoms with Crippen LogP contribution in [0.5, 0.6) is 0 Å². The second kappa shape index (κ2) is 5.19. The van der Waals surface area contributed by atoms with Crippen molar-refractivity contribution in [1.29, 1.82) is 0 Å². The third-order valence-electron chi connectivity index (χ3n) is 4.20. The van der Waals surface area contributed by atoms with Crippen molar-refractivity contribution in [3.05, 3.63) is 0 Å². The Labute approximate surface area is 90.5 Å². The second-order valence-corrected chi connectivity index (χ2v) is 5.99. The molecule has 1 fully saturated rings. The minimum atomic E-state index is 0.877. The maximum absolute atomic E-state index is 2.46. The van der Waals surface area contributed by atoms with Gasteiger partial charge in [0.1, 0.15) is 0 Å². The van der Waals surface area contributed by atoms with Crippen molar-refractivity contribution in [1.82, 2.24) is 0 Å². The fraction of sp³-hybridized carbons (Fsp3) is 1.00. The highest BCUT2D eigenvalue weighted by molar-refractivity contribution is 4.86. The Bertz CT molecular complexity index is 159. The predicted octanol–water partition coefficient (Wildman–Crippen LogP) is 4.74. The molecule has 0 aromatic rings. The minimum Gasteiger partial charge on any atom is -0.0651 e. The zero-order valence-electron chi connectivity index (χ0n) is 10.7. The molecule has 0 N–H and O–H groups in total. The van der Waals surface area contributed by atoms with Crippen LogP contribution in [0.25, 0.3) is 0 Å². The molecule has 0 nitrogen and oxygen atoms in total. The van der Waals surface area contributed by atoms with Crippen molar-refractivity contribution in [3.63, 3.8) is 0 Å². The van der Waals surface area contributed by atoms with E-state index in [9.17, 15) is 0 Å². The van der Waals surface area contributed by atoms with E-state index in [-0.39, 0.29) is 0 Å². The molecule has 1 saturated carbocycles. The Hall–Kier alpha value is 0. The molecule has 4 unspecified atom stereocenters. The van der Waals surface area contributed by atoms with Gasteiger partial charge in [0.15, 0.2) is 0 Å². The lowest BCUT2D eigenvalue weighted by atomic mass is 9.62. The fourth-order valence-electron chi connectivity index (χ4n) is 3.27. The van der Waals surface area contributed by atoms with Crippen LogP contribution in [-0.4, -0.2) is 0 Å². The van der Waals surface area contributed by atoms with Crippen molar-refractivity contribution in [2.75, 3.05) is 0 Å². The number of hydrogen-bond acceptors (Lipinski definition) is 0. The zero-order chi connectivity index (χ0) is 10.7. The van der Waals surface area contributed by atoms with Crippen molar-refractivity contribution < 1.29 is 0 Å². The van der Waals surface area contributed by atoms with Gasteiger partial charge in [-0.1, -0.05) is 41.0 Å². The monoisotopic (exact) mass is 196 g/mol. The Balaban J connectivity index is 2.20. The van der Waals surface area contributed by atoms with Gasteiger partial charge in [0.25, 0.3) is 0 Å². The summed E-state index contributed by atoms with van der Waals surface area (Å²) in [6.07, 6.45) is 5.81. The average Bonchev–Trinajstić information content (AvgIpc) is 2.09. The summed E-state index contributed by atoms with van der Waals surface area (Å²) in [7, 11) is 0. The SMILES string of the molecule is CCC1CC(CC(C)CC(C)C)C1C. The fourth-order valence-corrected chi connectivity index (χ4v) is 3.27. The first-order valence-corrected chi connectivity index (χ1v) is 6.54. The van der Waals surface area contributed by atoms with E-state index in [1.54, 1.807) is 0 Å². The van der Waals surface area contributed by atoms with E-state index in [1.165, 1.54) is 25.7 Å². The molecule has 0 spiro atoms. The summed E-state index contributed by atoms with van der Waals surface area (Å²) in [5.74, 6) is 4.93. The molecule has 0 aromatic heterocycles. The number of rotatable bonds is 5. The Morgan fingerprint density at radius 3 is 2.21 bits per heavy atom. The summed E-state index contributed by atoms with van der Waals surface area (Å²) in [5, 5.41) is 0. The van der Waals surface area contributed by atoms with Crippen LogP contribution in [0.3, 0.4) is 0 Å². The second-order valence-electron chi connectivity index (χ2n) is 5.99. The third kappa shape index (κ3) is 3.00. The number of hydrogen-bond donors (Lipinski definition) is 0. The van der Waals surface area contributed by atoms with Gasteiger partial charge in [-0.25, -0.2) is 0 Å². The summed E-state index contributed by atoms with van der Waals surface area (Å²) >= 11 is 0. The van der Waals surface area contributed by atoms with E-state index in [4.69, 9.17) is 0 Å². The third-order valence-corrected chi connectivity index (χ3v) is 4.20. The van der Waals surface area contributed by atoms with Gasteiger partial charge in [0, 0.05) is 0 Å². The van der Waals surface area contributed by atoms with Gasteiger partial charge in [-0.05, 0) is 48.9 Å². The Morgan fingerprint density at radius 2 is 1.79 bits per heavy atom. The van der Waals surface area contributed by atoms with E-state index in [0.29, 0.717) is 0 Å². The van der Waals surface area contributed by atoms with Crippen molar-refractivity contribution >= 4 is 0 Å². The van der Waals surface area contributed by atoms with Crippen LogP contribution >= 0.6 is 0 Å². The smallest absolute Gasteiger partial charge is 0.0381 e. The van der Waals surface area contributed by atoms with Gasteiger partial charge in [0.2, 0.25) is 0 Å². The molecule has 14 heavy (non-hydrogen) atoms. The van der Waals surface area contributed by atoms with Gasteiger partial charge in [-0.15, -0.1) is 0 Å². The summed E-state index contributed by atoms with van der Waals surface area (Å²) in [4.78, 5) is 0. The average molecular weight is 196 g/mol. The normalized spacial score (nSPS) is 34.3. The molecule has 0 aliphatic heterocycles. The first-order chi connectivity index (χ1) is 6.54. The summed E-state index contributed by atoms with van der Waals surface area (Å²) in [6.45, 7) is 11.9. The molecule has 0 aromatic carbocycles. The first kappa shape index (κ1) is 12.1. The minimum absolute atomic E-state index is 0.877. The van der Waals surface area contributed by atoms with Crippen molar-refractivity contribution in [2.24, 2.45) is 29.6 Å². The van der Waals surface area contributed by atoms with Gasteiger partial charge >= 0.3 is 0 Å². The lowest BCUT2D eigenvalue weighted by molar-refractivity contribution is 0.0616. The van der Waals surface area contributed by atoms with Crippen molar-refractivity contribution in [2.45, 2.75) is 60.3 Å². The first-order valence-electron chi connectivity index (χ1n) is 6.54. The molecule has 84 valence electrons. The molecule has 0 heterocycles. The highest BCUT2D eigenvalue weighted by Crippen LogP contribution is 2.45. The molecule has 1 rings (SSSR count). The molecule has 0 heteroatoms. The highest BCUT2D eigenvalue weighted by atomic mass is 14.4. The quantitative estimate of drug-likeness (QED) is 0.595. The molecule has 1 aliphatic rings. The molecule has 0 amide bonds. The maximum atomic E-state index is 2.46. The molecule has 1 aliphatic carbocycles. The molecule has 0 saturated heterocycles. The van der Waals surface area contributed by atoms with E-state index in [1.807, 2.05) is 0 Å². The van der Waals surface area contributed by atoms with Gasteiger partial charge < -0.3 is 0 Å². The lowest BCUT2D eigenvalue weighted by Crippen LogP contribution is -2.35. The van der Waals surface area contributed by atoms with E-state index in [2.05, 4.69) is 34.6 Å².